The number of aryl methyl sites for hydroxylation is 3. The summed E-state index contributed by atoms with van der Waals surface area (Å²) in [7, 11) is 0. The number of carbonyl (C=O) groups excluding carboxylic acids is 2. The van der Waals surface area contributed by atoms with E-state index >= 15 is 0 Å². The first-order valence-corrected chi connectivity index (χ1v) is 7.42. The number of hydrogen-bond acceptors (Lipinski definition) is 3. The van der Waals surface area contributed by atoms with Gasteiger partial charge in [0.25, 0.3) is 5.24 Å². The van der Waals surface area contributed by atoms with E-state index in [1.807, 2.05) is 12.1 Å². The lowest BCUT2D eigenvalue weighted by Crippen LogP contribution is -2.11. The first-order valence-electron chi connectivity index (χ1n) is 7.04. The molecule has 0 saturated heterocycles. The van der Waals surface area contributed by atoms with E-state index in [4.69, 9.17) is 16.3 Å². The number of rotatable bonds is 4. The quantitative estimate of drug-likeness (QED) is 0.475. The smallest absolute Gasteiger partial charge is 0.343 e. The van der Waals surface area contributed by atoms with E-state index < -0.39 is 11.2 Å². The van der Waals surface area contributed by atoms with E-state index in [1.165, 1.54) is 0 Å². The Kier molecular flexibility index (Phi) is 4.99. The van der Waals surface area contributed by atoms with Crippen LogP contribution in [0.25, 0.3) is 0 Å². The minimum atomic E-state index is -0.528. The second kappa shape index (κ2) is 6.75. The molecule has 0 aromatic heterocycles. The fraction of sp³-hybridized carbons (Fsp3) is 0.222. The molecule has 0 atom stereocenters. The summed E-state index contributed by atoms with van der Waals surface area (Å²) in [5, 5.41) is -0.528. The molecule has 0 spiro atoms. The van der Waals surface area contributed by atoms with Gasteiger partial charge in [0.05, 0.1) is 5.56 Å². The molecule has 2 aromatic rings. The van der Waals surface area contributed by atoms with Gasteiger partial charge in [-0.3, -0.25) is 4.79 Å². The van der Waals surface area contributed by atoms with Gasteiger partial charge in [0, 0.05) is 5.56 Å². The number of carbonyl (C=O) groups is 2. The molecule has 0 unspecified atom stereocenters. The van der Waals surface area contributed by atoms with Crippen molar-refractivity contribution in [3.8, 4) is 5.75 Å². The van der Waals surface area contributed by atoms with Crippen LogP contribution in [-0.2, 0) is 6.42 Å². The van der Waals surface area contributed by atoms with Crippen LogP contribution in [0.2, 0.25) is 0 Å². The highest BCUT2D eigenvalue weighted by molar-refractivity contribution is 6.67. The number of hydrogen-bond donors (Lipinski definition) is 0. The minimum absolute atomic E-state index is 0.392. The summed E-state index contributed by atoms with van der Waals surface area (Å²) in [5.41, 5.74) is 3.44. The van der Waals surface area contributed by atoms with E-state index in [0.29, 0.717) is 28.0 Å². The monoisotopic (exact) mass is 316 g/mol. The van der Waals surface area contributed by atoms with E-state index in [1.54, 1.807) is 38.1 Å². The summed E-state index contributed by atoms with van der Waals surface area (Å²) in [6.07, 6.45) is 0.918. The standard InChI is InChI=1S/C18H17ClO3/c1-4-13-5-7-14(8-6-13)18(21)22-16-11(2)9-15(17(19)20)10-12(16)3/h5-10H,4H2,1-3H3. The van der Waals surface area contributed by atoms with Gasteiger partial charge in [0.15, 0.2) is 0 Å². The second-order valence-electron chi connectivity index (χ2n) is 5.15. The number of ether oxygens (including phenoxy) is 1. The van der Waals surface area contributed by atoms with Gasteiger partial charge in [-0.15, -0.1) is 0 Å². The summed E-state index contributed by atoms with van der Waals surface area (Å²) in [4.78, 5) is 23.4. The maximum atomic E-state index is 12.2. The largest absolute Gasteiger partial charge is 0.422 e. The molecule has 0 saturated carbocycles. The predicted molar refractivity (Wildman–Crippen MR) is 86.9 cm³/mol. The lowest BCUT2D eigenvalue weighted by atomic mass is 10.1. The van der Waals surface area contributed by atoms with Crippen LogP contribution in [0.1, 0.15) is 44.3 Å². The molecule has 0 amide bonds. The van der Waals surface area contributed by atoms with Gasteiger partial charge in [-0.25, -0.2) is 4.79 Å². The Hall–Kier alpha value is -2.13. The van der Waals surface area contributed by atoms with E-state index in [2.05, 4.69) is 6.92 Å². The SMILES string of the molecule is CCc1ccc(C(=O)Oc2c(C)cc(C(=O)Cl)cc2C)cc1. The zero-order valence-corrected chi connectivity index (χ0v) is 13.5. The highest BCUT2D eigenvalue weighted by Gasteiger charge is 2.15. The Morgan fingerprint density at radius 2 is 1.55 bits per heavy atom. The van der Waals surface area contributed by atoms with Gasteiger partial charge in [0.1, 0.15) is 5.75 Å². The Morgan fingerprint density at radius 1 is 1.00 bits per heavy atom. The molecular formula is C18H17ClO3. The van der Waals surface area contributed by atoms with Crippen molar-refractivity contribution in [3.05, 3.63) is 64.2 Å². The third-order valence-electron chi connectivity index (χ3n) is 3.48. The molecule has 0 radical (unpaired) electrons. The number of esters is 1. The molecule has 4 heteroatoms. The highest BCUT2D eigenvalue weighted by atomic mass is 35.5. The van der Waals surface area contributed by atoms with Crippen molar-refractivity contribution >= 4 is 22.8 Å². The molecule has 0 aliphatic rings. The normalized spacial score (nSPS) is 10.4. The third kappa shape index (κ3) is 3.55. The Balaban J connectivity index is 2.26. The van der Waals surface area contributed by atoms with Crippen molar-refractivity contribution in [2.75, 3.05) is 0 Å². The molecule has 22 heavy (non-hydrogen) atoms. The molecule has 0 fully saturated rings. The lowest BCUT2D eigenvalue weighted by Gasteiger charge is -2.12. The first-order chi connectivity index (χ1) is 10.4. The molecule has 0 aliphatic carbocycles. The van der Waals surface area contributed by atoms with E-state index in [9.17, 15) is 9.59 Å². The van der Waals surface area contributed by atoms with Crippen LogP contribution in [0.15, 0.2) is 36.4 Å². The summed E-state index contributed by atoms with van der Waals surface area (Å²) in [6, 6.07) is 10.6. The van der Waals surface area contributed by atoms with Crippen molar-refractivity contribution < 1.29 is 14.3 Å². The fourth-order valence-corrected chi connectivity index (χ4v) is 2.36. The molecule has 0 aliphatic heterocycles. The Bertz CT molecular complexity index is 695. The van der Waals surface area contributed by atoms with Gasteiger partial charge in [0.2, 0.25) is 0 Å². The van der Waals surface area contributed by atoms with Crippen LogP contribution in [-0.4, -0.2) is 11.2 Å². The maximum absolute atomic E-state index is 12.2. The lowest BCUT2D eigenvalue weighted by molar-refractivity contribution is 0.0732. The molecule has 0 bridgehead atoms. The van der Waals surface area contributed by atoms with Crippen molar-refractivity contribution in [1.82, 2.24) is 0 Å². The summed E-state index contributed by atoms with van der Waals surface area (Å²) in [6.45, 7) is 5.61. The summed E-state index contributed by atoms with van der Waals surface area (Å²) in [5.74, 6) is 0.0463. The molecule has 2 rings (SSSR count). The maximum Gasteiger partial charge on any atom is 0.343 e. The predicted octanol–water partition coefficient (Wildman–Crippen LogP) is 4.46. The molecule has 0 heterocycles. The number of halogens is 1. The molecular weight excluding hydrogens is 300 g/mol. The van der Waals surface area contributed by atoms with Crippen molar-refractivity contribution in [2.24, 2.45) is 0 Å². The van der Waals surface area contributed by atoms with Gasteiger partial charge in [-0.1, -0.05) is 19.1 Å². The van der Waals surface area contributed by atoms with Crippen molar-refractivity contribution in [1.29, 1.82) is 0 Å². The minimum Gasteiger partial charge on any atom is -0.422 e. The first kappa shape index (κ1) is 16.2. The molecule has 0 N–H and O–H groups in total. The third-order valence-corrected chi connectivity index (χ3v) is 3.70. The topological polar surface area (TPSA) is 43.4 Å². The molecule has 114 valence electrons. The molecule has 3 nitrogen and oxygen atoms in total. The van der Waals surface area contributed by atoms with E-state index in [0.717, 1.165) is 12.0 Å². The van der Waals surface area contributed by atoms with E-state index in [-0.39, 0.29) is 0 Å². The van der Waals surface area contributed by atoms with Crippen LogP contribution in [0.3, 0.4) is 0 Å². The van der Waals surface area contributed by atoms with Crippen LogP contribution in [0.5, 0.6) is 5.75 Å². The average Bonchev–Trinajstić information content (AvgIpc) is 2.50. The molecule has 2 aromatic carbocycles. The van der Waals surface area contributed by atoms with Crippen LogP contribution in [0.4, 0.5) is 0 Å². The van der Waals surface area contributed by atoms with Crippen LogP contribution >= 0.6 is 11.6 Å². The zero-order chi connectivity index (χ0) is 16.3. The van der Waals surface area contributed by atoms with Crippen molar-refractivity contribution in [2.45, 2.75) is 27.2 Å². The Labute approximate surface area is 134 Å². The fourth-order valence-electron chi connectivity index (χ4n) is 2.25. The summed E-state index contributed by atoms with van der Waals surface area (Å²) < 4.78 is 5.48. The van der Waals surface area contributed by atoms with Crippen LogP contribution < -0.4 is 4.74 Å². The zero-order valence-electron chi connectivity index (χ0n) is 12.8. The van der Waals surface area contributed by atoms with Crippen molar-refractivity contribution in [3.63, 3.8) is 0 Å². The van der Waals surface area contributed by atoms with Gasteiger partial charge < -0.3 is 4.74 Å². The number of benzene rings is 2. The van der Waals surface area contributed by atoms with Gasteiger partial charge in [-0.2, -0.15) is 0 Å². The van der Waals surface area contributed by atoms with Gasteiger partial charge >= 0.3 is 5.97 Å². The van der Waals surface area contributed by atoms with Gasteiger partial charge in [-0.05, 0) is 72.8 Å². The average molecular weight is 317 g/mol. The second-order valence-corrected chi connectivity index (χ2v) is 5.50. The Morgan fingerprint density at radius 3 is 2.00 bits per heavy atom. The summed E-state index contributed by atoms with van der Waals surface area (Å²) >= 11 is 5.48. The van der Waals surface area contributed by atoms with Crippen LogP contribution in [0, 0.1) is 13.8 Å². The highest BCUT2D eigenvalue weighted by Crippen LogP contribution is 2.26.